The van der Waals surface area contributed by atoms with E-state index >= 15 is 0 Å². The first-order valence-corrected chi connectivity index (χ1v) is 7.06. The number of nitrogens with one attached hydrogen (secondary N) is 1. The van der Waals surface area contributed by atoms with Crippen molar-refractivity contribution in [1.29, 1.82) is 0 Å². The van der Waals surface area contributed by atoms with Crippen molar-refractivity contribution in [3.05, 3.63) is 35.9 Å². The van der Waals surface area contributed by atoms with E-state index in [1.807, 2.05) is 0 Å². The van der Waals surface area contributed by atoms with Crippen LogP contribution in [0, 0.1) is 17.8 Å². The fraction of sp³-hybridized carbons (Fsp3) is 0.500. The molecule has 1 N–H and O–H groups in total. The summed E-state index contributed by atoms with van der Waals surface area (Å²) in [7, 11) is 0. The van der Waals surface area contributed by atoms with Gasteiger partial charge in [-0.15, -0.1) is 0 Å². The molecule has 0 saturated heterocycles. The Morgan fingerprint density at radius 1 is 1.22 bits per heavy atom. The van der Waals surface area contributed by atoms with Crippen molar-refractivity contribution in [2.45, 2.75) is 19.3 Å². The van der Waals surface area contributed by atoms with Gasteiger partial charge >= 0.3 is 0 Å². The van der Waals surface area contributed by atoms with Gasteiger partial charge in [0.15, 0.2) is 0 Å². The minimum absolute atomic E-state index is 0.834. The monoisotopic (exact) mass is 241 g/mol. The fourth-order valence-corrected chi connectivity index (χ4v) is 3.67. The van der Waals surface area contributed by atoms with E-state index in [0.717, 1.165) is 43.1 Å². The number of rotatable bonds is 3. The number of benzene rings is 1. The van der Waals surface area contributed by atoms with E-state index in [-0.39, 0.29) is 0 Å². The number of allylic oxidation sites excluding steroid dienone is 2. The summed E-state index contributed by atoms with van der Waals surface area (Å²) in [5.41, 5.74) is 2.61. The van der Waals surface area contributed by atoms with E-state index in [4.69, 9.17) is 4.74 Å². The van der Waals surface area contributed by atoms with Gasteiger partial charge in [0.25, 0.3) is 0 Å². The molecule has 2 nitrogen and oxygen atoms in total. The topological polar surface area (TPSA) is 21.3 Å². The van der Waals surface area contributed by atoms with Gasteiger partial charge in [-0.3, -0.25) is 0 Å². The predicted molar refractivity (Wildman–Crippen MR) is 73.0 cm³/mol. The first kappa shape index (κ1) is 10.5. The van der Waals surface area contributed by atoms with Crippen molar-refractivity contribution < 1.29 is 4.74 Å². The third-order valence-electron chi connectivity index (χ3n) is 4.67. The number of hydrogen-bond acceptors (Lipinski definition) is 2. The van der Waals surface area contributed by atoms with E-state index in [2.05, 4.69) is 35.7 Å². The molecule has 3 atom stereocenters. The van der Waals surface area contributed by atoms with Crippen molar-refractivity contribution in [3.8, 4) is 5.75 Å². The van der Waals surface area contributed by atoms with Crippen LogP contribution >= 0.6 is 0 Å². The zero-order valence-corrected chi connectivity index (χ0v) is 10.6. The lowest BCUT2D eigenvalue weighted by atomic mass is 9.93. The summed E-state index contributed by atoms with van der Waals surface area (Å²) in [6, 6.07) is 6.50. The van der Waals surface area contributed by atoms with Crippen molar-refractivity contribution in [1.82, 2.24) is 0 Å². The van der Waals surface area contributed by atoms with Crippen LogP contribution in [-0.4, -0.2) is 13.2 Å². The largest absolute Gasteiger partial charge is 0.493 e. The minimum atomic E-state index is 0.834. The Bertz CT molecular complexity index is 494. The molecule has 1 saturated carbocycles. The van der Waals surface area contributed by atoms with Crippen LogP contribution in [0.1, 0.15) is 18.4 Å². The summed E-state index contributed by atoms with van der Waals surface area (Å²) >= 11 is 0. The molecule has 0 spiro atoms. The molecule has 0 amide bonds. The van der Waals surface area contributed by atoms with Crippen molar-refractivity contribution in [2.24, 2.45) is 17.8 Å². The highest BCUT2D eigenvalue weighted by atomic mass is 16.5. The van der Waals surface area contributed by atoms with E-state index in [1.54, 1.807) is 0 Å². The predicted octanol–water partition coefficient (Wildman–Crippen LogP) is 3.25. The minimum Gasteiger partial charge on any atom is -0.493 e. The molecule has 1 aromatic carbocycles. The highest BCUT2D eigenvalue weighted by Crippen LogP contribution is 2.43. The molecule has 1 fully saturated rings. The lowest BCUT2D eigenvalue weighted by Crippen LogP contribution is -2.18. The van der Waals surface area contributed by atoms with Crippen LogP contribution in [0.2, 0.25) is 0 Å². The van der Waals surface area contributed by atoms with Crippen LogP contribution in [0.5, 0.6) is 5.75 Å². The normalized spacial score (nSPS) is 31.4. The maximum atomic E-state index is 5.53. The molecule has 0 radical (unpaired) electrons. The molecule has 0 aromatic heterocycles. The quantitative estimate of drug-likeness (QED) is 0.820. The second-order valence-corrected chi connectivity index (χ2v) is 5.84. The Morgan fingerprint density at radius 2 is 2.22 bits per heavy atom. The van der Waals surface area contributed by atoms with Gasteiger partial charge in [-0.1, -0.05) is 12.2 Å². The third-order valence-corrected chi connectivity index (χ3v) is 4.67. The maximum Gasteiger partial charge on any atom is 0.122 e. The van der Waals surface area contributed by atoms with Gasteiger partial charge in [0.2, 0.25) is 0 Å². The Labute approximate surface area is 108 Å². The van der Waals surface area contributed by atoms with Crippen LogP contribution in [0.15, 0.2) is 30.4 Å². The molecule has 94 valence electrons. The first-order chi connectivity index (χ1) is 8.88. The Kier molecular flexibility index (Phi) is 2.35. The summed E-state index contributed by atoms with van der Waals surface area (Å²) in [4.78, 5) is 0. The highest BCUT2D eigenvalue weighted by molar-refractivity contribution is 5.52. The van der Waals surface area contributed by atoms with Gasteiger partial charge in [0.1, 0.15) is 5.75 Å². The molecular weight excluding hydrogens is 222 g/mol. The number of hydrogen-bond donors (Lipinski definition) is 1. The van der Waals surface area contributed by atoms with Gasteiger partial charge in [-0.25, -0.2) is 0 Å². The summed E-state index contributed by atoms with van der Waals surface area (Å²) in [6.07, 6.45) is 8.67. The molecule has 1 heterocycles. The smallest absolute Gasteiger partial charge is 0.122 e. The van der Waals surface area contributed by atoms with E-state index < -0.39 is 0 Å². The van der Waals surface area contributed by atoms with Crippen molar-refractivity contribution in [2.75, 3.05) is 18.5 Å². The summed E-state index contributed by atoms with van der Waals surface area (Å²) < 4.78 is 5.53. The van der Waals surface area contributed by atoms with Gasteiger partial charge < -0.3 is 10.1 Å². The Hall–Kier alpha value is -1.44. The van der Waals surface area contributed by atoms with Gasteiger partial charge in [-0.05, 0) is 54.4 Å². The fourth-order valence-electron chi connectivity index (χ4n) is 3.67. The standard InChI is InChI=1S/C16H19NO/c1-2-12-7-11(1)8-14(12)10-17-15-3-4-16-13(9-15)5-6-18-16/h1-4,9,11-12,14,17H,5-8,10H2. The van der Waals surface area contributed by atoms with Crippen molar-refractivity contribution in [3.63, 3.8) is 0 Å². The summed E-state index contributed by atoms with van der Waals surface area (Å²) in [5, 5.41) is 3.61. The third kappa shape index (κ3) is 1.71. The van der Waals surface area contributed by atoms with Crippen LogP contribution in [0.3, 0.4) is 0 Å². The summed E-state index contributed by atoms with van der Waals surface area (Å²) in [6.45, 7) is 1.96. The molecule has 3 aliphatic rings. The van der Waals surface area contributed by atoms with Crippen LogP contribution < -0.4 is 10.1 Å². The van der Waals surface area contributed by atoms with Gasteiger partial charge in [0.05, 0.1) is 6.61 Å². The molecular formula is C16H19NO. The Balaban J connectivity index is 1.42. The number of fused-ring (bicyclic) bond motifs is 3. The molecule has 1 aliphatic heterocycles. The summed E-state index contributed by atoms with van der Waals surface area (Å²) in [5.74, 6) is 3.61. The second-order valence-electron chi connectivity index (χ2n) is 5.84. The van der Waals surface area contributed by atoms with E-state index in [0.29, 0.717) is 0 Å². The first-order valence-electron chi connectivity index (χ1n) is 7.06. The lowest BCUT2D eigenvalue weighted by molar-refractivity contribution is 0.357. The van der Waals surface area contributed by atoms with E-state index in [1.165, 1.54) is 24.1 Å². The second kappa shape index (κ2) is 4.04. The molecule has 2 heteroatoms. The lowest BCUT2D eigenvalue weighted by Gasteiger charge is -2.19. The van der Waals surface area contributed by atoms with E-state index in [9.17, 15) is 0 Å². The maximum absolute atomic E-state index is 5.53. The molecule has 3 unspecified atom stereocenters. The number of anilines is 1. The number of ether oxygens (including phenoxy) is 1. The average Bonchev–Trinajstić information content (AvgIpc) is 3.11. The highest BCUT2D eigenvalue weighted by Gasteiger charge is 2.35. The molecule has 1 aromatic rings. The molecule has 2 aliphatic carbocycles. The van der Waals surface area contributed by atoms with Gasteiger partial charge in [0, 0.05) is 18.7 Å². The van der Waals surface area contributed by atoms with Crippen LogP contribution in [0.25, 0.3) is 0 Å². The average molecular weight is 241 g/mol. The molecule has 2 bridgehead atoms. The zero-order valence-electron chi connectivity index (χ0n) is 10.6. The van der Waals surface area contributed by atoms with Gasteiger partial charge in [-0.2, -0.15) is 0 Å². The SMILES string of the molecule is C1=CC2CC1CC2CNc1ccc2c(c1)CCO2. The Morgan fingerprint density at radius 3 is 3.06 bits per heavy atom. The van der Waals surface area contributed by atoms with Crippen LogP contribution in [-0.2, 0) is 6.42 Å². The molecule has 4 rings (SSSR count). The van der Waals surface area contributed by atoms with Crippen molar-refractivity contribution >= 4 is 5.69 Å². The molecule has 18 heavy (non-hydrogen) atoms. The zero-order chi connectivity index (χ0) is 11.9. The van der Waals surface area contributed by atoms with Crippen LogP contribution in [0.4, 0.5) is 5.69 Å².